The molecule has 1 aliphatic heterocycles. The van der Waals surface area contributed by atoms with Gasteiger partial charge < -0.3 is 9.84 Å². The zero-order valence-corrected chi connectivity index (χ0v) is 9.72. The molecule has 0 saturated carbocycles. The van der Waals surface area contributed by atoms with Crippen molar-refractivity contribution in [3.8, 4) is 5.75 Å². The molecule has 0 aliphatic carbocycles. The molecule has 16 heavy (non-hydrogen) atoms. The Hall–Kier alpha value is -1.06. The third-order valence-electron chi connectivity index (χ3n) is 3.19. The van der Waals surface area contributed by atoms with E-state index in [0.717, 1.165) is 38.3 Å². The minimum absolute atomic E-state index is 0.392. The van der Waals surface area contributed by atoms with Gasteiger partial charge in [-0.3, -0.25) is 4.90 Å². The van der Waals surface area contributed by atoms with Crippen molar-refractivity contribution in [1.29, 1.82) is 0 Å². The Morgan fingerprint density at radius 2 is 2.25 bits per heavy atom. The average Bonchev–Trinajstić information content (AvgIpc) is 2.33. The predicted molar refractivity (Wildman–Crippen MR) is 63.4 cm³/mol. The Kier molecular flexibility index (Phi) is 3.80. The normalized spacial score (nSPS) is 22.2. The summed E-state index contributed by atoms with van der Waals surface area (Å²) in [5.74, 6) is 0.392. The SMILES string of the molecule is CCC1COCCN1Cc1ccccc1O. The maximum absolute atomic E-state index is 9.74. The second-order valence-electron chi connectivity index (χ2n) is 4.24. The molecule has 1 N–H and O–H groups in total. The highest BCUT2D eigenvalue weighted by Crippen LogP contribution is 2.20. The van der Waals surface area contributed by atoms with Crippen LogP contribution in [0.3, 0.4) is 0 Å². The number of nitrogens with zero attached hydrogens (tertiary/aromatic N) is 1. The first-order valence-corrected chi connectivity index (χ1v) is 5.90. The number of para-hydroxylation sites is 1. The fourth-order valence-electron chi connectivity index (χ4n) is 2.14. The second-order valence-corrected chi connectivity index (χ2v) is 4.24. The molecule has 1 fully saturated rings. The van der Waals surface area contributed by atoms with E-state index in [4.69, 9.17) is 4.74 Å². The molecule has 1 unspecified atom stereocenters. The monoisotopic (exact) mass is 221 g/mol. The van der Waals surface area contributed by atoms with Gasteiger partial charge in [0.25, 0.3) is 0 Å². The van der Waals surface area contributed by atoms with Crippen LogP contribution in [0, 0.1) is 0 Å². The van der Waals surface area contributed by atoms with Gasteiger partial charge in [-0.1, -0.05) is 25.1 Å². The molecule has 1 aliphatic rings. The molecule has 1 aromatic rings. The largest absolute Gasteiger partial charge is 0.508 e. The zero-order valence-electron chi connectivity index (χ0n) is 9.72. The van der Waals surface area contributed by atoms with Crippen LogP contribution in [0.5, 0.6) is 5.75 Å². The number of aromatic hydroxyl groups is 1. The van der Waals surface area contributed by atoms with Gasteiger partial charge in [0.1, 0.15) is 5.75 Å². The molecule has 1 heterocycles. The van der Waals surface area contributed by atoms with Crippen LogP contribution in [0.4, 0.5) is 0 Å². The molecule has 0 spiro atoms. The van der Waals surface area contributed by atoms with Crippen molar-refractivity contribution in [2.75, 3.05) is 19.8 Å². The lowest BCUT2D eigenvalue weighted by Crippen LogP contribution is -2.44. The van der Waals surface area contributed by atoms with Crippen molar-refractivity contribution in [3.05, 3.63) is 29.8 Å². The van der Waals surface area contributed by atoms with E-state index in [9.17, 15) is 5.11 Å². The van der Waals surface area contributed by atoms with E-state index in [-0.39, 0.29) is 0 Å². The number of phenols is 1. The highest BCUT2D eigenvalue weighted by atomic mass is 16.5. The Morgan fingerprint density at radius 3 is 3.00 bits per heavy atom. The number of rotatable bonds is 3. The molecule has 0 bridgehead atoms. The van der Waals surface area contributed by atoms with E-state index in [2.05, 4.69) is 11.8 Å². The molecule has 1 atom stereocenters. The van der Waals surface area contributed by atoms with E-state index in [0.29, 0.717) is 11.8 Å². The minimum Gasteiger partial charge on any atom is -0.508 e. The molecule has 88 valence electrons. The number of hydrogen-bond acceptors (Lipinski definition) is 3. The van der Waals surface area contributed by atoms with E-state index in [1.807, 2.05) is 18.2 Å². The summed E-state index contributed by atoms with van der Waals surface area (Å²) in [7, 11) is 0. The van der Waals surface area contributed by atoms with Crippen molar-refractivity contribution >= 4 is 0 Å². The van der Waals surface area contributed by atoms with Crippen molar-refractivity contribution in [3.63, 3.8) is 0 Å². The molecule has 1 aromatic carbocycles. The number of ether oxygens (including phenoxy) is 1. The summed E-state index contributed by atoms with van der Waals surface area (Å²) in [5.41, 5.74) is 1.00. The Morgan fingerprint density at radius 1 is 1.44 bits per heavy atom. The standard InChI is InChI=1S/C13H19NO2/c1-2-12-10-16-8-7-14(12)9-11-5-3-4-6-13(11)15/h3-6,12,15H,2,7-10H2,1H3. The first-order chi connectivity index (χ1) is 7.81. The van der Waals surface area contributed by atoms with Crippen molar-refractivity contribution in [2.45, 2.75) is 25.9 Å². The molecular weight excluding hydrogens is 202 g/mol. The van der Waals surface area contributed by atoms with E-state index >= 15 is 0 Å². The lowest BCUT2D eigenvalue weighted by Gasteiger charge is -2.35. The number of hydrogen-bond donors (Lipinski definition) is 1. The lowest BCUT2D eigenvalue weighted by atomic mass is 10.1. The fraction of sp³-hybridized carbons (Fsp3) is 0.538. The molecule has 1 saturated heterocycles. The summed E-state index contributed by atoms with van der Waals surface area (Å²) in [6, 6.07) is 8.04. The highest BCUT2D eigenvalue weighted by Gasteiger charge is 2.21. The molecule has 2 rings (SSSR count). The van der Waals surface area contributed by atoms with Gasteiger partial charge in [-0.15, -0.1) is 0 Å². The van der Waals surface area contributed by atoms with Crippen LogP contribution in [0.25, 0.3) is 0 Å². The quantitative estimate of drug-likeness (QED) is 0.847. The average molecular weight is 221 g/mol. The van der Waals surface area contributed by atoms with Crippen LogP contribution in [0.2, 0.25) is 0 Å². The Balaban J connectivity index is 2.05. The summed E-state index contributed by atoms with van der Waals surface area (Å²) in [5, 5.41) is 9.74. The Labute approximate surface area is 96.6 Å². The smallest absolute Gasteiger partial charge is 0.120 e. The van der Waals surface area contributed by atoms with Gasteiger partial charge in [0, 0.05) is 24.7 Å². The first-order valence-electron chi connectivity index (χ1n) is 5.90. The summed E-state index contributed by atoms with van der Waals surface area (Å²) in [6.07, 6.45) is 1.09. The van der Waals surface area contributed by atoms with Gasteiger partial charge in [0.05, 0.1) is 13.2 Å². The van der Waals surface area contributed by atoms with Crippen molar-refractivity contribution in [1.82, 2.24) is 4.90 Å². The zero-order chi connectivity index (χ0) is 11.4. The maximum atomic E-state index is 9.74. The van der Waals surface area contributed by atoms with Gasteiger partial charge in [-0.2, -0.15) is 0 Å². The van der Waals surface area contributed by atoms with Crippen LogP contribution in [-0.2, 0) is 11.3 Å². The van der Waals surface area contributed by atoms with Gasteiger partial charge >= 0.3 is 0 Å². The van der Waals surface area contributed by atoms with Gasteiger partial charge in [-0.25, -0.2) is 0 Å². The third kappa shape index (κ3) is 2.54. The van der Waals surface area contributed by atoms with E-state index < -0.39 is 0 Å². The van der Waals surface area contributed by atoms with Gasteiger partial charge in [0.2, 0.25) is 0 Å². The van der Waals surface area contributed by atoms with Crippen LogP contribution in [0.15, 0.2) is 24.3 Å². The molecule has 0 radical (unpaired) electrons. The predicted octanol–water partition coefficient (Wildman–Crippen LogP) is 2.00. The van der Waals surface area contributed by atoms with Gasteiger partial charge in [0.15, 0.2) is 0 Å². The molecule has 0 amide bonds. The minimum atomic E-state index is 0.392. The summed E-state index contributed by atoms with van der Waals surface area (Å²) in [4.78, 5) is 2.39. The second kappa shape index (κ2) is 5.32. The summed E-state index contributed by atoms with van der Waals surface area (Å²) >= 11 is 0. The van der Waals surface area contributed by atoms with Crippen molar-refractivity contribution < 1.29 is 9.84 Å². The third-order valence-corrected chi connectivity index (χ3v) is 3.19. The Bertz CT molecular complexity index is 340. The lowest BCUT2D eigenvalue weighted by molar-refractivity contribution is -0.0129. The van der Waals surface area contributed by atoms with Crippen LogP contribution in [-0.4, -0.2) is 35.8 Å². The van der Waals surface area contributed by atoms with Crippen LogP contribution >= 0.6 is 0 Å². The first kappa shape index (κ1) is 11.4. The number of benzene rings is 1. The van der Waals surface area contributed by atoms with E-state index in [1.165, 1.54) is 0 Å². The van der Waals surface area contributed by atoms with E-state index in [1.54, 1.807) is 6.07 Å². The molecule has 3 heteroatoms. The maximum Gasteiger partial charge on any atom is 0.120 e. The fourth-order valence-corrected chi connectivity index (χ4v) is 2.14. The molecular formula is C13H19NO2. The number of morpholine rings is 1. The van der Waals surface area contributed by atoms with Crippen LogP contribution in [0.1, 0.15) is 18.9 Å². The van der Waals surface area contributed by atoms with Crippen LogP contribution < -0.4 is 0 Å². The van der Waals surface area contributed by atoms with Crippen molar-refractivity contribution in [2.24, 2.45) is 0 Å². The van der Waals surface area contributed by atoms with Gasteiger partial charge in [-0.05, 0) is 12.5 Å². The summed E-state index contributed by atoms with van der Waals surface area (Å²) < 4.78 is 5.47. The highest BCUT2D eigenvalue weighted by molar-refractivity contribution is 5.31. The molecule has 0 aromatic heterocycles. The topological polar surface area (TPSA) is 32.7 Å². The summed E-state index contributed by atoms with van der Waals surface area (Å²) in [6.45, 7) is 5.55. The molecule has 3 nitrogen and oxygen atoms in total. The number of phenolic OH excluding ortho intramolecular Hbond substituents is 1.